The van der Waals surface area contributed by atoms with Gasteiger partial charge in [-0.25, -0.2) is 13.8 Å². The zero-order chi connectivity index (χ0) is 25.5. The van der Waals surface area contributed by atoms with Gasteiger partial charge in [-0.15, -0.1) is 0 Å². The average Bonchev–Trinajstić information content (AvgIpc) is 3.35. The third-order valence-corrected chi connectivity index (χ3v) is 6.13. The molecule has 0 N–H and O–H groups in total. The van der Waals surface area contributed by atoms with Crippen LogP contribution in [0.25, 0.3) is 0 Å². The van der Waals surface area contributed by atoms with Gasteiger partial charge in [0.15, 0.2) is 5.69 Å². The molecule has 2 heterocycles. The molecule has 1 fully saturated rings. The van der Waals surface area contributed by atoms with Crippen LogP contribution < -0.4 is 0 Å². The maximum atomic E-state index is 14.3. The van der Waals surface area contributed by atoms with Gasteiger partial charge in [0, 0.05) is 31.7 Å². The molecule has 190 valence electrons. The van der Waals surface area contributed by atoms with Crippen molar-refractivity contribution in [3.8, 4) is 0 Å². The summed E-state index contributed by atoms with van der Waals surface area (Å²) in [6, 6.07) is 12.6. The first-order chi connectivity index (χ1) is 17.4. The van der Waals surface area contributed by atoms with Gasteiger partial charge in [0.2, 0.25) is 5.89 Å². The Bertz CT molecular complexity index is 1180. The Morgan fingerprint density at radius 3 is 2.64 bits per heavy atom. The highest BCUT2D eigenvalue weighted by Gasteiger charge is 2.31. The summed E-state index contributed by atoms with van der Waals surface area (Å²) < 4.78 is 38.4. The van der Waals surface area contributed by atoms with Crippen molar-refractivity contribution >= 4 is 11.9 Å². The van der Waals surface area contributed by atoms with E-state index in [1.165, 1.54) is 24.5 Å². The number of nitrogens with zero attached hydrogens (tertiary/aromatic N) is 3. The molecule has 2 aromatic carbocycles. The highest BCUT2D eigenvalue weighted by molar-refractivity contribution is 5.92. The molecule has 1 saturated heterocycles. The summed E-state index contributed by atoms with van der Waals surface area (Å²) in [7, 11) is 0. The molecule has 4 rings (SSSR count). The van der Waals surface area contributed by atoms with Gasteiger partial charge in [0.25, 0.3) is 5.91 Å². The zero-order valence-corrected chi connectivity index (χ0v) is 20.2. The van der Waals surface area contributed by atoms with Crippen LogP contribution in [0.2, 0.25) is 0 Å². The number of halogens is 2. The van der Waals surface area contributed by atoms with E-state index in [-0.39, 0.29) is 54.8 Å². The Morgan fingerprint density at radius 1 is 1.11 bits per heavy atom. The molecule has 9 heteroatoms. The van der Waals surface area contributed by atoms with Gasteiger partial charge in [-0.3, -0.25) is 14.5 Å². The van der Waals surface area contributed by atoms with Crippen molar-refractivity contribution < 1.29 is 27.5 Å². The van der Waals surface area contributed by atoms with Crippen LogP contribution in [-0.2, 0) is 29.2 Å². The Labute approximate surface area is 208 Å². The van der Waals surface area contributed by atoms with E-state index in [1.54, 1.807) is 42.2 Å². The molecule has 0 unspecified atom stereocenters. The topological polar surface area (TPSA) is 75.9 Å². The lowest BCUT2D eigenvalue weighted by Crippen LogP contribution is -2.43. The summed E-state index contributed by atoms with van der Waals surface area (Å²) in [5, 5.41) is 0. The van der Waals surface area contributed by atoms with Crippen LogP contribution in [0.5, 0.6) is 0 Å². The summed E-state index contributed by atoms with van der Waals surface area (Å²) in [5.41, 5.74) is 1.50. The lowest BCUT2D eigenvalue weighted by Gasteiger charge is -2.30. The molecule has 1 amide bonds. The number of piperidine rings is 1. The van der Waals surface area contributed by atoms with E-state index in [0.29, 0.717) is 44.0 Å². The molecular formula is C27H29F2N3O4. The molecule has 36 heavy (non-hydrogen) atoms. The van der Waals surface area contributed by atoms with Gasteiger partial charge < -0.3 is 14.1 Å². The van der Waals surface area contributed by atoms with Crippen LogP contribution in [0.3, 0.4) is 0 Å². The molecule has 1 aliphatic rings. The quantitative estimate of drug-likeness (QED) is 0.403. The van der Waals surface area contributed by atoms with Gasteiger partial charge >= 0.3 is 5.97 Å². The van der Waals surface area contributed by atoms with Crippen LogP contribution in [-0.4, -0.2) is 46.4 Å². The second kappa shape index (κ2) is 11.9. The Morgan fingerprint density at radius 2 is 1.89 bits per heavy atom. The van der Waals surface area contributed by atoms with Gasteiger partial charge in [-0.05, 0) is 43.5 Å². The first-order valence-electron chi connectivity index (χ1n) is 12.0. The van der Waals surface area contributed by atoms with Gasteiger partial charge in [-0.1, -0.05) is 30.3 Å². The number of amides is 1. The van der Waals surface area contributed by atoms with E-state index in [0.717, 1.165) is 5.56 Å². The zero-order valence-electron chi connectivity index (χ0n) is 20.2. The SMILES string of the molecule is CCOC(=O)[C@@H]1CCCN(C(=O)c2coc(CN(Cc3ccc(F)cc3)Cc3ccccc3F)n2)C1. The van der Waals surface area contributed by atoms with Crippen LogP contribution in [0.4, 0.5) is 8.78 Å². The molecule has 1 atom stereocenters. The van der Waals surface area contributed by atoms with Gasteiger partial charge in [0.1, 0.15) is 17.9 Å². The van der Waals surface area contributed by atoms with E-state index in [2.05, 4.69) is 4.98 Å². The molecule has 0 saturated carbocycles. The predicted molar refractivity (Wildman–Crippen MR) is 128 cm³/mol. The second-order valence-corrected chi connectivity index (χ2v) is 8.83. The van der Waals surface area contributed by atoms with E-state index >= 15 is 0 Å². The first-order valence-corrected chi connectivity index (χ1v) is 12.0. The summed E-state index contributed by atoms with van der Waals surface area (Å²) in [6.45, 7) is 3.75. The van der Waals surface area contributed by atoms with Crippen LogP contribution in [0.1, 0.15) is 47.3 Å². The van der Waals surface area contributed by atoms with Crippen molar-refractivity contribution in [3.05, 3.63) is 89.1 Å². The molecule has 0 spiro atoms. The minimum atomic E-state index is -0.346. The number of ether oxygens (including phenoxy) is 1. The molecular weight excluding hydrogens is 468 g/mol. The lowest BCUT2D eigenvalue weighted by atomic mass is 9.98. The summed E-state index contributed by atoms with van der Waals surface area (Å²) in [5.74, 6) is -1.31. The predicted octanol–water partition coefficient (Wildman–Crippen LogP) is 4.57. The van der Waals surface area contributed by atoms with E-state index in [1.807, 2.05) is 4.90 Å². The highest BCUT2D eigenvalue weighted by atomic mass is 19.1. The first kappa shape index (κ1) is 25.5. The largest absolute Gasteiger partial charge is 0.466 e. The third kappa shape index (κ3) is 6.54. The van der Waals surface area contributed by atoms with Crippen molar-refractivity contribution in [2.45, 2.75) is 39.4 Å². The molecule has 0 aliphatic carbocycles. The molecule has 0 radical (unpaired) electrons. The number of rotatable bonds is 9. The summed E-state index contributed by atoms with van der Waals surface area (Å²) >= 11 is 0. The molecule has 1 aliphatic heterocycles. The number of oxazole rings is 1. The van der Waals surface area contributed by atoms with E-state index in [4.69, 9.17) is 9.15 Å². The number of hydrogen-bond donors (Lipinski definition) is 0. The summed E-state index contributed by atoms with van der Waals surface area (Å²) in [4.78, 5) is 33.0. The van der Waals surface area contributed by atoms with Crippen LogP contribution in [0, 0.1) is 17.6 Å². The third-order valence-electron chi connectivity index (χ3n) is 6.13. The maximum Gasteiger partial charge on any atom is 0.310 e. The smallest absolute Gasteiger partial charge is 0.310 e. The van der Waals surface area contributed by atoms with E-state index in [9.17, 15) is 18.4 Å². The maximum absolute atomic E-state index is 14.3. The number of aromatic nitrogens is 1. The Hall–Kier alpha value is -3.59. The van der Waals surface area contributed by atoms with Crippen molar-refractivity contribution in [3.63, 3.8) is 0 Å². The molecule has 0 bridgehead atoms. The van der Waals surface area contributed by atoms with Gasteiger partial charge in [-0.2, -0.15) is 0 Å². The van der Waals surface area contributed by atoms with Crippen molar-refractivity contribution in [1.29, 1.82) is 0 Å². The Kier molecular flexibility index (Phi) is 8.43. The fourth-order valence-electron chi connectivity index (χ4n) is 4.33. The number of esters is 1. The highest BCUT2D eigenvalue weighted by Crippen LogP contribution is 2.21. The fourth-order valence-corrected chi connectivity index (χ4v) is 4.33. The van der Waals surface area contributed by atoms with Crippen LogP contribution in [0.15, 0.2) is 59.2 Å². The molecule has 1 aromatic heterocycles. The standard InChI is InChI=1S/C27H29F2N3O4/c1-2-35-27(34)21-7-5-13-32(16-21)26(33)24-18-36-25(30-24)17-31(14-19-9-11-22(28)12-10-19)15-20-6-3-4-8-23(20)29/h3-4,6,8-12,18,21H,2,5,7,13-17H2,1H3/t21-/m1/s1. The lowest BCUT2D eigenvalue weighted by molar-refractivity contribution is -0.149. The van der Waals surface area contributed by atoms with Crippen molar-refractivity contribution in [1.82, 2.24) is 14.8 Å². The number of benzene rings is 2. The second-order valence-electron chi connectivity index (χ2n) is 8.83. The molecule has 7 nitrogen and oxygen atoms in total. The fraction of sp³-hybridized carbons (Fsp3) is 0.370. The minimum absolute atomic E-state index is 0.155. The molecule has 3 aromatic rings. The summed E-state index contributed by atoms with van der Waals surface area (Å²) in [6.07, 6.45) is 2.69. The van der Waals surface area contributed by atoms with Crippen molar-refractivity contribution in [2.24, 2.45) is 5.92 Å². The minimum Gasteiger partial charge on any atom is -0.466 e. The number of hydrogen-bond acceptors (Lipinski definition) is 6. The van der Waals surface area contributed by atoms with Crippen LogP contribution >= 0.6 is 0 Å². The number of likely N-dealkylation sites (tertiary alicyclic amines) is 1. The van der Waals surface area contributed by atoms with Crippen molar-refractivity contribution in [2.75, 3.05) is 19.7 Å². The van der Waals surface area contributed by atoms with E-state index < -0.39 is 0 Å². The average molecular weight is 498 g/mol. The van der Waals surface area contributed by atoms with Gasteiger partial charge in [0.05, 0.1) is 19.1 Å². The normalized spacial score (nSPS) is 15.8. The number of carbonyl (C=O) groups is 2. The Balaban J connectivity index is 1.46. The number of carbonyl (C=O) groups excluding carboxylic acids is 2. The monoisotopic (exact) mass is 497 g/mol.